The monoisotopic (exact) mass is 400 g/mol. The summed E-state index contributed by atoms with van der Waals surface area (Å²) >= 11 is 0. The number of carbonyl (C=O) groups excluding carboxylic acids is 1. The summed E-state index contributed by atoms with van der Waals surface area (Å²) < 4.78 is 11.5. The van der Waals surface area contributed by atoms with E-state index in [1.807, 2.05) is 31.2 Å². The summed E-state index contributed by atoms with van der Waals surface area (Å²) in [6, 6.07) is 22.4. The molecule has 0 heterocycles. The van der Waals surface area contributed by atoms with Crippen molar-refractivity contribution in [2.75, 3.05) is 6.61 Å². The Balaban J connectivity index is 1.49. The molecule has 1 aliphatic rings. The Morgan fingerprint density at radius 1 is 0.967 bits per heavy atom. The molecule has 0 spiro atoms. The number of carbonyl (C=O) groups is 1. The highest BCUT2D eigenvalue weighted by atomic mass is 16.5. The number of rotatable bonds is 6. The number of ether oxygens (including phenoxy) is 2. The molecule has 4 rings (SSSR count). The second-order valence-corrected chi connectivity index (χ2v) is 7.88. The third-order valence-electron chi connectivity index (χ3n) is 5.92. The van der Waals surface area contributed by atoms with Gasteiger partial charge in [0.15, 0.2) is 0 Å². The Kier molecular flexibility index (Phi) is 6.18. The Morgan fingerprint density at radius 2 is 1.70 bits per heavy atom. The lowest BCUT2D eigenvalue weighted by Gasteiger charge is -2.32. The smallest absolute Gasteiger partial charge is 0.338 e. The molecule has 0 radical (unpaired) electrons. The minimum absolute atomic E-state index is 0.119. The van der Waals surface area contributed by atoms with Gasteiger partial charge in [0.1, 0.15) is 11.9 Å². The van der Waals surface area contributed by atoms with Gasteiger partial charge in [-0.25, -0.2) is 4.79 Å². The molecule has 0 aliphatic heterocycles. The van der Waals surface area contributed by atoms with Gasteiger partial charge in [-0.2, -0.15) is 0 Å². The molecule has 1 fully saturated rings. The van der Waals surface area contributed by atoms with E-state index in [-0.39, 0.29) is 18.0 Å². The van der Waals surface area contributed by atoms with E-state index in [9.17, 15) is 4.79 Å². The number of hydrogen-bond donors (Lipinski definition) is 0. The molecule has 3 aromatic carbocycles. The van der Waals surface area contributed by atoms with Gasteiger partial charge in [-0.1, -0.05) is 67.6 Å². The summed E-state index contributed by atoms with van der Waals surface area (Å²) in [5, 5.41) is 2.46. The second-order valence-electron chi connectivity index (χ2n) is 7.88. The van der Waals surface area contributed by atoms with E-state index in [1.54, 1.807) is 0 Å². The standard InChI is InChI=1S/C27H28O3/c1-3-29-24-16-14-20(15-17-24)19(2)27(28)30-26-11-7-6-10-25(26)23-13-12-21-8-4-5-9-22(21)18-23/h4-5,8-9,12-18,25-26H,2-3,6-7,10-11H2,1H3/t25-,26+/m1/s1. The van der Waals surface area contributed by atoms with E-state index in [1.165, 1.54) is 16.3 Å². The largest absolute Gasteiger partial charge is 0.494 e. The van der Waals surface area contributed by atoms with Crippen molar-refractivity contribution in [3.05, 3.63) is 84.4 Å². The van der Waals surface area contributed by atoms with Crippen LogP contribution >= 0.6 is 0 Å². The maximum Gasteiger partial charge on any atom is 0.338 e. The lowest BCUT2D eigenvalue weighted by Crippen LogP contribution is -2.29. The predicted octanol–water partition coefficient (Wildman–Crippen LogP) is 6.52. The van der Waals surface area contributed by atoms with Crippen LogP contribution in [0.4, 0.5) is 0 Å². The molecule has 0 saturated heterocycles. The fraction of sp³-hybridized carbons (Fsp3) is 0.296. The van der Waals surface area contributed by atoms with E-state index in [2.05, 4.69) is 49.0 Å². The molecule has 0 bridgehead atoms. The van der Waals surface area contributed by atoms with Crippen LogP contribution in [-0.4, -0.2) is 18.7 Å². The minimum atomic E-state index is -0.336. The normalized spacial score (nSPS) is 18.7. The molecule has 0 N–H and O–H groups in total. The Bertz CT molecular complexity index is 1040. The molecule has 0 amide bonds. The molecule has 3 aromatic rings. The minimum Gasteiger partial charge on any atom is -0.494 e. The first kappa shape index (κ1) is 20.2. The first-order valence-corrected chi connectivity index (χ1v) is 10.8. The summed E-state index contributed by atoms with van der Waals surface area (Å²) in [6.07, 6.45) is 4.04. The van der Waals surface area contributed by atoms with Gasteiger partial charge >= 0.3 is 5.97 Å². The van der Waals surface area contributed by atoms with E-state index in [0.717, 1.165) is 37.0 Å². The SMILES string of the molecule is C=C(C(=O)O[C@H]1CCCC[C@@H]1c1ccc2ccccc2c1)c1ccc(OCC)cc1. The summed E-state index contributed by atoms with van der Waals surface area (Å²) in [5.74, 6) is 0.670. The second kappa shape index (κ2) is 9.17. The molecule has 3 heteroatoms. The van der Waals surface area contributed by atoms with Crippen molar-refractivity contribution in [3.63, 3.8) is 0 Å². The van der Waals surface area contributed by atoms with Crippen LogP contribution in [0.25, 0.3) is 16.3 Å². The van der Waals surface area contributed by atoms with Gasteiger partial charge in [0, 0.05) is 5.92 Å². The van der Waals surface area contributed by atoms with Crippen LogP contribution in [0.5, 0.6) is 5.75 Å². The topological polar surface area (TPSA) is 35.5 Å². The van der Waals surface area contributed by atoms with Crippen molar-refractivity contribution in [1.29, 1.82) is 0 Å². The van der Waals surface area contributed by atoms with Gasteiger partial charge in [-0.3, -0.25) is 0 Å². The first-order chi connectivity index (χ1) is 14.7. The molecule has 1 aliphatic carbocycles. The summed E-state index contributed by atoms with van der Waals surface area (Å²) in [7, 11) is 0. The average molecular weight is 401 g/mol. The number of benzene rings is 3. The first-order valence-electron chi connectivity index (χ1n) is 10.8. The lowest BCUT2D eigenvalue weighted by molar-refractivity contribution is -0.144. The van der Waals surface area contributed by atoms with Gasteiger partial charge in [-0.05, 0) is 60.2 Å². The Labute approximate surface area is 178 Å². The highest BCUT2D eigenvalue weighted by molar-refractivity contribution is 6.15. The van der Waals surface area contributed by atoms with Gasteiger partial charge in [0.25, 0.3) is 0 Å². The maximum atomic E-state index is 12.9. The highest BCUT2D eigenvalue weighted by Crippen LogP contribution is 2.37. The van der Waals surface area contributed by atoms with Crippen LogP contribution < -0.4 is 4.74 Å². The summed E-state index contributed by atoms with van der Waals surface area (Å²) in [6.45, 7) is 6.55. The lowest BCUT2D eigenvalue weighted by atomic mass is 9.81. The zero-order chi connectivity index (χ0) is 20.9. The molecule has 2 atom stereocenters. The molecule has 1 saturated carbocycles. The van der Waals surface area contributed by atoms with Crippen LogP contribution in [-0.2, 0) is 9.53 Å². The molecular weight excluding hydrogens is 372 g/mol. The number of fused-ring (bicyclic) bond motifs is 1. The van der Waals surface area contributed by atoms with Crippen LogP contribution in [0.15, 0.2) is 73.3 Å². The Hall–Kier alpha value is -3.07. The van der Waals surface area contributed by atoms with Gasteiger partial charge in [-0.15, -0.1) is 0 Å². The van der Waals surface area contributed by atoms with Crippen LogP contribution in [0.3, 0.4) is 0 Å². The zero-order valence-corrected chi connectivity index (χ0v) is 17.5. The van der Waals surface area contributed by atoms with Crippen LogP contribution in [0.1, 0.15) is 49.7 Å². The van der Waals surface area contributed by atoms with Crippen molar-refractivity contribution >= 4 is 22.3 Å². The van der Waals surface area contributed by atoms with Crippen LogP contribution in [0, 0.1) is 0 Å². The van der Waals surface area contributed by atoms with E-state index in [4.69, 9.17) is 9.47 Å². The average Bonchev–Trinajstić information content (AvgIpc) is 2.79. The summed E-state index contributed by atoms with van der Waals surface area (Å²) in [4.78, 5) is 12.9. The fourth-order valence-corrected chi connectivity index (χ4v) is 4.30. The molecule has 154 valence electrons. The van der Waals surface area contributed by atoms with Crippen molar-refractivity contribution in [2.45, 2.75) is 44.6 Å². The van der Waals surface area contributed by atoms with Crippen molar-refractivity contribution in [3.8, 4) is 5.75 Å². The maximum absolute atomic E-state index is 12.9. The molecule has 0 unspecified atom stereocenters. The number of hydrogen-bond acceptors (Lipinski definition) is 3. The van der Waals surface area contributed by atoms with E-state index in [0.29, 0.717) is 12.2 Å². The number of esters is 1. The third kappa shape index (κ3) is 4.40. The van der Waals surface area contributed by atoms with Gasteiger partial charge < -0.3 is 9.47 Å². The molecule has 0 aromatic heterocycles. The highest BCUT2D eigenvalue weighted by Gasteiger charge is 2.30. The van der Waals surface area contributed by atoms with Gasteiger partial charge in [0.2, 0.25) is 0 Å². The van der Waals surface area contributed by atoms with Crippen molar-refractivity contribution < 1.29 is 14.3 Å². The molecule has 3 nitrogen and oxygen atoms in total. The van der Waals surface area contributed by atoms with Crippen LogP contribution in [0.2, 0.25) is 0 Å². The quantitative estimate of drug-likeness (QED) is 0.349. The van der Waals surface area contributed by atoms with Gasteiger partial charge in [0.05, 0.1) is 12.2 Å². The Morgan fingerprint density at radius 3 is 2.47 bits per heavy atom. The van der Waals surface area contributed by atoms with Crippen molar-refractivity contribution in [1.82, 2.24) is 0 Å². The fourth-order valence-electron chi connectivity index (χ4n) is 4.30. The molecule has 30 heavy (non-hydrogen) atoms. The van der Waals surface area contributed by atoms with E-state index < -0.39 is 0 Å². The molecular formula is C27H28O3. The predicted molar refractivity (Wildman–Crippen MR) is 122 cm³/mol. The van der Waals surface area contributed by atoms with E-state index >= 15 is 0 Å². The zero-order valence-electron chi connectivity index (χ0n) is 17.5. The van der Waals surface area contributed by atoms with Crippen molar-refractivity contribution in [2.24, 2.45) is 0 Å². The summed E-state index contributed by atoms with van der Waals surface area (Å²) in [5.41, 5.74) is 2.40. The third-order valence-corrected chi connectivity index (χ3v) is 5.92.